The molecule has 3 aliphatic heterocycles. The first kappa shape index (κ1) is 44.3. The number of aliphatic hydroxyl groups is 10. The van der Waals surface area contributed by atoms with E-state index in [9.17, 15) is 55.9 Å². The molecule has 3 heterocycles. The molecule has 0 spiro atoms. The zero-order valence-corrected chi connectivity index (χ0v) is 29.5. The fourth-order valence-corrected chi connectivity index (χ4v) is 6.58. The molecular weight excluding hydrogens is 680 g/mol. The summed E-state index contributed by atoms with van der Waals surface area (Å²) in [4.78, 5) is 12.4. The highest BCUT2D eigenvalue weighted by Crippen LogP contribution is 2.32. The second kappa shape index (κ2) is 22.9. The van der Waals surface area contributed by atoms with Gasteiger partial charge in [0, 0.05) is 6.42 Å². The largest absolute Gasteiger partial charge is 0.463 e. The fraction of sp³-hybridized carbons (Fsp3) is 0.971. The summed E-state index contributed by atoms with van der Waals surface area (Å²) in [6, 6.07) is 0. The van der Waals surface area contributed by atoms with Gasteiger partial charge in [-0.25, -0.2) is 0 Å². The molecule has 0 aromatic carbocycles. The number of ether oxygens (including phenoxy) is 6. The Labute approximate surface area is 299 Å². The molecule has 0 amide bonds. The lowest BCUT2D eigenvalue weighted by Gasteiger charge is -2.47. The van der Waals surface area contributed by atoms with Gasteiger partial charge in [0.05, 0.1) is 13.2 Å². The maximum Gasteiger partial charge on any atom is 0.305 e. The second-order valence-electron chi connectivity index (χ2n) is 13.8. The molecule has 3 rings (SSSR count). The van der Waals surface area contributed by atoms with Gasteiger partial charge in [0.1, 0.15) is 79.9 Å². The van der Waals surface area contributed by atoms with Gasteiger partial charge in [-0.05, 0) is 6.42 Å². The van der Waals surface area contributed by atoms with Gasteiger partial charge in [-0.1, -0.05) is 84.0 Å². The van der Waals surface area contributed by atoms with Crippen LogP contribution in [-0.4, -0.2) is 169 Å². The molecule has 17 nitrogen and oxygen atoms in total. The van der Waals surface area contributed by atoms with Crippen molar-refractivity contribution in [2.75, 3.05) is 19.8 Å². The van der Waals surface area contributed by atoms with E-state index in [-0.39, 0.29) is 6.42 Å². The predicted molar refractivity (Wildman–Crippen MR) is 175 cm³/mol. The van der Waals surface area contributed by atoms with E-state index >= 15 is 0 Å². The molecule has 0 radical (unpaired) electrons. The number of aliphatic hydroxyl groups excluding tert-OH is 10. The van der Waals surface area contributed by atoms with Crippen LogP contribution in [0.15, 0.2) is 0 Å². The Bertz CT molecular complexity index is 958. The average Bonchev–Trinajstić information content (AvgIpc) is 3.12. The summed E-state index contributed by atoms with van der Waals surface area (Å²) in [5, 5.41) is 103. The summed E-state index contributed by atoms with van der Waals surface area (Å²) < 4.78 is 32.6. The van der Waals surface area contributed by atoms with Crippen LogP contribution in [0.4, 0.5) is 0 Å². The maximum absolute atomic E-state index is 12.4. The molecular formula is C34H62O17. The van der Waals surface area contributed by atoms with Crippen LogP contribution in [0.1, 0.15) is 96.8 Å². The molecule has 17 heteroatoms. The molecule has 0 bridgehead atoms. The zero-order valence-electron chi connectivity index (χ0n) is 29.5. The summed E-state index contributed by atoms with van der Waals surface area (Å²) in [5.74, 6) is -0.531. The number of hydrogen-bond donors (Lipinski definition) is 10. The number of unbranched alkanes of at least 4 members (excludes halogenated alkanes) is 12. The molecule has 1 unspecified atom stereocenters. The van der Waals surface area contributed by atoms with Crippen molar-refractivity contribution in [3.05, 3.63) is 0 Å². The first-order valence-corrected chi connectivity index (χ1v) is 18.5. The third kappa shape index (κ3) is 13.0. The van der Waals surface area contributed by atoms with E-state index in [1.165, 1.54) is 57.8 Å². The molecule has 15 atom stereocenters. The Morgan fingerprint density at radius 1 is 0.510 bits per heavy atom. The van der Waals surface area contributed by atoms with Crippen molar-refractivity contribution in [3.8, 4) is 0 Å². The number of carbonyl (C=O) groups excluding carboxylic acids is 1. The highest BCUT2D eigenvalue weighted by Gasteiger charge is 2.53. The van der Waals surface area contributed by atoms with Crippen molar-refractivity contribution >= 4 is 5.97 Å². The fourth-order valence-electron chi connectivity index (χ4n) is 6.58. The van der Waals surface area contributed by atoms with E-state index in [0.717, 1.165) is 19.3 Å². The van der Waals surface area contributed by atoms with Gasteiger partial charge in [0.15, 0.2) is 18.9 Å². The molecule has 51 heavy (non-hydrogen) atoms. The van der Waals surface area contributed by atoms with Crippen molar-refractivity contribution in [1.82, 2.24) is 0 Å². The first-order valence-electron chi connectivity index (χ1n) is 18.5. The first-order chi connectivity index (χ1) is 24.4. The molecule has 0 aliphatic carbocycles. The smallest absolute Gasteiger partial charge is 0.305 e. The molecule has 0 aromatic rings. The van der Waals surface area contributed by atoms with E-state index < -0.39 is 118 Å². The van der Waals surface area contributed by atoms with Crippen LogP contribution in [0.25, 0.3) is 0 Å². The van der Waals surface area contributed by atoms with Crippen LogP contribution in [0, 0.1) is 0 Å². The highest BCUT2D eigenvalue weighted by atomic mass is 16.8. The van der Waals surface area contributed by atoms with E-state index in [4.69, 9.17) is 28.4 Å². The topological polar surface area (TPSA) is 275 Å². The summed E-state index contributed by atoms with van der Waals surface area (Å²) in [6.07, 6.45) is -10.3. The standard InChI is InChI=1S/C34H62O17/c1-2-3-4-5-6-7-8-9-10-11-12-13-14-15-22(37)46-18-21-23(38)24(39)28(43)33(49-21)51-31-20(17-36)48-34(29(44)26(31)41)50-30-19(16-35)47-32(45)27(42)25(30)40/h19-21,23-36,38-45H,2-18H2,1H3/t19-,20-,21-,23-,24+,25-,26-,27-,28-,29-,30-,31-,32?,33-,34-/m1/s1. The summed E-state index contributed by atoms with van der Waals surface area (Å²) in [7, 11) is 0. The van der Waals surface area contributed by atoms with Gasteiger partial charge in [-0.15, -0.1) is 0 Å². The lowest BCUT2D eigenvalue weighted by atomic mass is 9.96. The third-order valence-electron chi connectivity index (χ3n) is 9.80. The normalized spacial score (nSPS) is 38.8. The zero-order chi connectivity index (χ0) is 37.5. The van der Waals surface area contributed by atoms with E-state index in [2.05, 4.69) is 6.92 Å². The third-order valence-corrected chi connectivity index (χ3v) is 9.80. The van der Waals surface area contributed by atoms with Crippen molar-refractivity contribution in [2.24, 2.45) is 0 Å². The van der Waals surface area contributed by atoms with Gasteiger partial charge >= 0.3 is 5.97 Å². The average molecular weight is 743 g/mol. The van der Waals surface area contributed by atoms with E-state index in [0.29, 0.717) is 6.42 Å². The maximum atomic E-state index is 12.4. The highest BCUT2D eigenvalue weighted by molar-refractivity contribution is 5.69. The molecule has 3 fully saturated rings. The predicted octanol–water partition coefficient (Wildman–Crippen LogP) is -1.54. The molecule has 10 N–H and O–H groups in total. The Morgan fingerprint density at radius 3 is 1.45 bits per heavy atom. The van der Waals surface area contributed by atoms with Gasteiger partial charge in [0.2, 0.25) is 0 Å². The molecule has 300 valence electrons. The van der Waals surface area contributed by atoms with E-state index in [1.54, 1.807) is 0 Å². The van der Waals surface area contributed by atoms with Crippen molar-refractivity contribution in [2.45, 2.75) is 189 Å². The molecule has 0 saturated carbocycles. The molecule has 0 aromatic heterocycles. The Morgan fingerprint density at radius 2 is 0.941 bits per heavy atom. The number of hydrogen-bond acceptors (Lipinski definition) is 17. The van der Waals surface area contributed by atoms with E-state index in [1.807, 2.05) is 0 Å². The number of rotatable bonds is 22. The Kier molecular flexibility index (Phi) is 19.9. The number of esters is 1. The van der Waals surface area contributed by atoms with Crippen LogP contribution in [-0.2, 0) is 33.2 Å². The minimum absolute atomic E-state index is 0.152. The van der Waals surface area contributed by atoms with Crippen LogP contribution >= 0.6 is 0 Å². The number of carbonyl (C=O) groups is 1. The Balaban J connectivity index is 1.43. The summed E-state index contributed by atoms with van der Waals surface area (Å²) in [5.41, 5.74) is 0. The van der Waals surface area contributed by atoms with Gasteiger partial charge in [-0.3, -0.25) is 4.79 Å². The molecule has 3 aliphatic rings. The molecule has 3 saturated heterocycles. The van der Waals surface area contributed by atoms with Crippen LogP contribution in [0.2, 0.25) is 0 Å². The quantitative estimate of drug-likeness (QED) is 0.0445. The second-order valence-corrected chi connectivity index (χ2v) is 13.8. The van der Waals surface area contributed by atoms with Crippen molar-refractivity contribution < 1.29 is 84.3 Å². The minimum Gasteiger partial charge on any atom is -0.463 e. The van der Waals surface area contributed by atoms with Crippen LogP contribution < -0.4 is 0 Å². The minimum atomic E-state index is -1.94. The lowest BCUT2D eigenvalue weighted by Crippen LogP contribution is -2.66. The summed E-state index contributed by atoms with van der Waals surface area (Å²) >= 11 is 0. The van der Waals surface area contributed by atoms with Crippen LogP contribution in [0.5, 0.6) is 0 Å². The van der Waals surface area contributed by atoms with Gasteiger partial charge in [0.25, 0.3) is 0 Å². The monoisotopic (exact) mass is 742 g/mol. The lowest BCUT2D eigenvalue weighted by molar-refractivity contribution is -0.377. The van der Waals surface area contributed by atoms with Crippen molar-refractivity contribution in [1.29, 1.82) is 0 Å². The SMILES string of the molecule is CCCCCCCCCCCCCCCC(=O)OC[C@H]1O[C@H](O[C@H]2[C@H](O)[C@@H](O)[C@@H](O[C@H]3[C@H](O)[C@@H](O)C(O)O[C@@H]3CO)O[C@@H]2CO)[C@H](O)[C@@H](O)[C@@H]1O. The van der Waals surface area contributed by atoms with Crippen LogP contribution in [0.3, 0.4) is 0 Å². The van der Waals surface area contributed by atoms with Crippen molar-refractivity contribution in [3.63, 3.8) is 0 Å². The van der Waals surface area contributed by atoms with Gasteiger partial charge < -0.3 is 79.5 Å². The summed E-state index contributed by atoms with van der Waals surface area (Å²) in [6.45, 7) is 0.129. The van der Waals surface area contributed by atoms with Gasteiger partial charge in [-0.2, -0.15) is 0 Å². The Hall–Kier alpha value is -1.13.